The van der Waals surface area contributed by atoms with E-state index in [1.807, 2.05) is 0 Å². The van der Waals surface area contributed by atoms with Gasteiger partial charge in [0.25, 0.3) is 0 Å². The van der Waals surface area contributed by atoms with Crippen LogP contribution in [0.1, 0.15) is 39.5 Å². The van der Waals surface area contributed by atoms with Crippen molar-refractivity contribution in [3.8, 4) is 0 Å². The predicted octanol–water partition coefficient (Wildman–Crippen LogP) is 1.05. The maximum atomic E-state index is 11.4. The molecule has 0 aromatic carbocycles. The maximum absolute atomic E-state index is 11.4. The number of ether oxygens (including phenoxy) is 2. The van der Waals surface area contributed by atoms with Gasteiger partial charge in [-0.25, -0.2) is 0 Å². The molecule has 19 heavy (non-hydrogen) atoms. The Bertz CT molecular complexity index is 284. The average molecular weight is 272 g/mol. The zero-order valence-corrected chi connectivity index (χ0v) is 12.2. The van der Waals surface area contributed by atoms with Gasteiger partial charge in [0.1, 0.15) is 0 Å². The molecule has 0 saturated heterocycles. The van der Waals surface area contributed by atoms with Gasteiger partial charge >= 0.3 is 0 Å². The highest BCUT2D eigenvalue weighted by Crippen LogP contribution is 2.35. The Balaban J connectivity index is 2.11. The lowest BCUT2D eigenvalue weighted by Gasteiger charge is -2.27. The molecule has 1 rings (SSSR count). The molecule has 1 fully saturated rings. The van der Waals surface area contributed by atoms with Crippen LogP contribution in [0.4, 0.5) is 0 Å². The van der Waals surface area contributed by atoms with Gasteiger partial charge in [-0.3, -0.25) is 4.79 Å². The minimum absolute atomic E-state index is 0.154. The molecule has 1 aliphatic rings. The van der Waals surface area contributed by atoms with E-state index >= 15 is 0 Å². The third kappa shape index (κ3) is 5.09. The molecule has 0 heterocycles. The molecule has 0 aromatic heterocycles. The van der Waals surface area contributed by atoms with E-state index in [0.29, 0.717) is 32.2 Å². The average Bonchev–Trinajstić information content (AvgIpc) is 2.71. The molecule has 5 heteroatoms. The van der Waals surface area contributed by atoms with Crippen LogP contribution in [0.15, 0.2) is 0 Å². The van der Waals surface area contributed by atoms with Gasteiger partial charge in [0, 0.05) is 13.2 Å². The van der Waals surface area contributed by atoms with Crippen molar-refractivity contribution < 1.29 is 14.3 Å². The van der Waals surface area contributed by atoms with Gasteiger partial charge in [-0.2, -0.15) is 0 Å². The lowest BCUT2D eigenvalue weighted by atomic mass is 9.85. The molecule has 1 amide bonds. The number of nitrogens with two attached hydrogens (primary N) is 2. The van der Waals surface area contributed by atoms with E-state index in [1.54, 1.807) is 0 Å². The second kappa shape index (κ2) is 7.82. The zero-order chi connectivity index (χ0) is 14.3. The summed E-state index contributed by atoms with van der Waals surface area (Å²) in [5.41, 5.74) is 10.7. The Labute approximate surface area is 116 Å². The Morgan fingerprint density at radius 1 is 1.32 bits per heavy atom. The number of carbonyl (C=O) groups is 1. The van der Waals surface area contributed by atoms with E-state index in [4.69, 9.17) is 20.9 Å². The summed E-state index contributed by atoms with van der Waals surface area (Å²) >= 11 is 0. The molecule has 2 unspecified atom stereocenters. The van der Waals surface area contributed by atoms with Crippen LogP contribution in [0, 0.1) is 11.8 Å². The van der Waals surface area contributed by atoms with Gasteiger partial charge in [0.2, 0.25) is 5.91 Å². The normalized spacial score (nSPS) is 27.1. The molecule has 112 valence electrons. The van der Waals surface area contributed by atoms with Crippen LogP contribution in [0.3, 0.4) is 0 Å². The first-order valence-electron chi connectivity index (χ1n) is 7.21. The molecule has 0 radical (unpaired) electrons. The fourth-order valence-corrected chi connectivity index (χ4v) is 2.59. The molecule has 0 aromatic rings. The molecule has 5 nitrogen and oxygen atoms in total. The van der Waals surface area contributed by atoms with Gasteiger partial charge in [0.05, 0.1) is 18.8 Å². The highest BCUT2D eigenvalue weighted by molar-refractivity contribution is 5.85. The van der Waals surface area contributed by atoms with Gasteiger partial charge in [-0.05, 0) is 31.1 Å². The Morgan fingerprint density at radius 3 is 2.63 bits per heavy atom. The van der Waals surface area contributed by atoms with E-state index in [2.05, 4.69) is 13.8 Å². The Kier molecular flexibility index (Phi) is 6.75. The van der Waals surface area contributed by atoms with Crippen molar-refractivity contribution >= 4 is 5.91 Å². The number of primary amides is 1. The summed E-state index contributed by atoms with van der Waals surface area (Å²) < 4.78 is 10.9. The number of carbonyl (C=O) groups excluding carboxylic acids is 1. The molecule has 2 atom stereocenters. The van der Waals surface area contributed by atoms with Crippen molar-refractivity contribution in [1.29, 1.82) is 0 Å². The molecule has 1 aliphatic carbocycles. The van der Waals surface area contributed by atoms with E-state index in [-0.39, 0.29) is 11.8 Å². The zero-order valence-electron chi connectivity index (χ0n) is 12.2. The summed E-state index contributed by atoms with van der Waals surface area (Å²) in [6.45, 7) is 6.82. The SMILES string of the molecule is CC(C)COCCOCCC1CCCC1(N)C(N)=O. The molecule has 0 spiro atoms. The standard InChI is InChI=1S/C14H28N2O3/c1-11(2)10-19-9-8-18-7-5-12-4-3-6-14(12,16)13(15)17/h11-12H,3-10,16H2,1-2H3,(H2,15,17). The van der Waals surface area contributed by atoms with E-state index in [1.165, 1.54) is 0 Å². The summed E-state index contributed by atoms with van der Waals surface area (Å²) in [5.74, 6) is 0.323. The topological polar surface area (TPSA) is 87.6 Å². The first-order chi connectivity index (χ1) is 8.97. The van der Waals surface area contributed by atoms with Crippen molar-refractivity contribution in [3.63, 3.8) is 0 Å². The van der Waals surface area contributed by atoms with Crippen LogP contribution in [0.5, 0.6) is 0 Å². The van der Waals surface area contributed by atoms with E-state index in [0.717, 1.165) is 25.9 Å². The molecule has 0 aliphatic heterocycles. The minimum Gasteiger partial charge on any atom is -0.379 e. The van der Waals surface area contributed by atoms with Crippen molar-refractivity contribution in [2.45, 2.75) is 45.1 Å². The summed E-state index contributed by atoms with van der Waals surface area (Å²) in [4.78, 5) is 11.4. The van der Waals surface area contributed by atoms with Gasteiger partial charge in [0.15, 0.2) is 0 Å². The lowest BCUT2D eigenvalue weighted by Crippen LogP contribution is -2.54. The van der Waals surface area contributed by atoms with E-state index in [9.17, 15) is 4.79 Å². The van der Waals surface area contributed by atoms with Gasteiger partial charge in [-0.15, -0.1) is 0 Å². The van der Waals surface area contributed by atoms with Crippen LogP contribution < -0.4 is 11.5 Å². The highest BCUT2D eigenvalue weighted by Gasteiger charge is 2.43. The first kappa shape index (κ1) is 16.4. The van der Waals surface area contributed by atoms with Crippen LogP contribution in [-0.2, 0) is 14.3 Å². The lowest BCUT2D eigenvalue weighted by molar-refractivity contribution is -0.124. The van der Waals surface area contributed by atoms with Crippen molar-refractivity contribution in [2.75, 3.05) is 26.4 Å². The Hall–Kier alpha value is -0.650. The largest absolute Gasteiger partial charge is 0.379 e. The maximum Gasteiger partial charge on any atom is 0.237 e. The van der Waals surface area contributed by atoms with Gasteiger partial charge in [-0.1, -0.05) is 20.3 Å². The molecule has 1 saturated carbocycles. The van der Waals surface area contributed by atoms with Crippen LogP contribution in [-0.4, -0.2) is 37.9 Å². The van der Waals surface area contributed by atoms with Crippen molar-refractivity contribution in [2.24, 2.45) is 23.3 Å². The number of rotatable bonds is 9. The molecular formula is C14H28N2O3. The summed E-state index contributed by atoms with van der Waals surface area (Å²) in [6.07, 6.45) is 3.43. The molecular weight excluding hydrogens is 244 g/mol. The quantitative estimate of drug-likeness (QED) is 0.614. The smallest absolute Gasteiger partial charge is 0.237 e. The number of hydrogen-bond donors (Lipinski definition) is 2. The molecule has 0 bridgehead atoms. The third-order valence-electron chi connectivity index (χ3n) is 3.76. The number of amides is 1. The third-order valence-corrected chi connectivity index (χ3v) is 3.76. The summed E-state index contributed by atoms with van der Waals surface area (Å²) in [5, 5.41) is 0. The van der Waals surface area contributed by atoms with Crippen molar-refractivity contribution in [3.05, 3.63) is 0 Å². The van der Waals surface area contributed by atoms with E-state index < -0.39 is 5.54 Å². The predicted molar refractivity (Wildman–Crippen MR) is 74.5 cm³/mol. The second-order valence-electron chi connectivity index (χ2n) is 5.86. The molecule has 4 N–H and O–H groups in total. The van der Waals surface area contributed by atoms with Crippen LogP contribution in [0.25, 0.3) is 0 Å². The van der Waals surface area contributed by atoms with Crippen LogP contribution in [0.2, 0.25) is 0 Å². The monoisotopic (exact) mass is 272 g/mol. The van der Waals surface area contributed by atoms with Crippen molar-refractivity contribution in [1.82, 2.24) is 0 Å². The fraction of sp³-hybridized carbons (Fsp3) is 0.929. The number of hydrogen-bond acceptors (Lipinski definition) is 4. The fourth-order valence-electron chi connectivity index (χ4n) is 2.59. The summed E-state index contributed by atoms with van der Waals surface area (Å²) in [7, 11) is 0. The first-order valence-corrected chi connectivity index (χ1v) is 7.21. The minimum atomic E-state index is -0.822. The Morgan fingerprint density at radius 2 is 2.00 bits per heavy atom. The van der Waals surface area contributed by atoms with Crippen LogP contribution >= 0.6 is 0 Å². The highest BCUT2D eigenvalue weighted by atomic mass is 16.5. The second-order valence-corrected chi connectivity index (χ2v) is 5.86. The van der Waals surface area contributed by atoms with Gasteiger partial charge < -0.3 is 20.9 Å². The summed E-state index contributed by atoms with van der Waals surface area (Å²) in [6, 6.07) is 0.